The molecule has 3 heterocycles. The Balaban J connectivity index is 1.76. The van der Waals surface area contributed by atoms with Gasteiger partial charge < -0.3 is 4.90 Å². The standard InChI is InChI=1S/C15H18N4OS/c1-10-17-9-15(21-10)14-8-16-7-13(18-14)12-3-5-19(6-4-12)11(2)20/h7-9,12H,3-6H2,1-2H3. The Morgan fingerprint density at radius 3 is 2.67 bits per heavy atom. The van der Waals surface area contributed by atoms with Crippen LogP contribution in [0.15, 0.2) is 18.6 Å². The Labute approximate surface area is 128 Å². The average molecular weight is 302 g/mol. The molecule has 0 saturated carbocycles. The van der Waals surface area contributed by atoms with Gasteiger partial charge in [-0.15, -0.1) is 11.3 Å². The quantitative estimate of drug-likeness (QED) is 0.855. The molecule has 0 N–H and O–H groups in total. The third kappa shape index (κ3) is 3.10. The lowest BCUT2D eigenvalue weighted by molar-refractivity contribution is -0.129. The zero-order valence-corrected chi connectivity index (χ0v) is 13.1. The van der Waals surface area contributed by atoms with E-state index in [4.69, 9.17) is 4.98 Å². The number of thiazole rings is 1. The normalized spacial score (nSPS) is 16.2. The molecule has 0 atom stereocenters. The van der Waals surface area contributed by atoms with E-state index >= 15 is 0 Å². The minimum atomic E-state index is 0.161. The van der Waals surface area contributed by atoms with E-state index in [0.29, 0.717) is 5.92 Å². The first kappa shape index (κ1) is 14.1. The molecule has 2 aromatic rings. The van der Waals surface area contributed by atoms with E-state index in [1.165, 1.54) is 0 Å². The lowest BCUT2D eigenvalue weighted by Crippen LogP contribution is -2.36. The first-order valence-corrected chi connectivity index (χ1v) is 7.95. The highest BCUT2D eigenvalue weighted by atomic mass is 32.1. The third-order valence-corrected chi connectivity index (χ3v) is 4.82. The van der Waals surface area contributed by atoms with Crippen LogP contribution in [0.3, 0.4) is 0 Å². The maximum absolute atomic E-state index is 11.4. The number of aryl methyl sites for hydroxylation is 1. The van der Waals surface area contributed by atoms with Crippen molar-refractivity contribution in [2.24, 2.45) is 0 Å². The van der Waals surface area contributed by atoms with Gasteiger partial charge in [-0.1, -0.05) is 0 Å². The molecule has 0 aliphatic carbocycles. The summed E-state index contributed by atoms with van der Waals surface area (Å²) in [6.07, 6.45) is 7.41. The van der Waals surface area contributed by atoms with E-state index in [2.05, 4.69) is 9.97 Å². The maximum Gasteiger partial charge on any atom is 0.219 e. The van der Waals surface area contributed by atoms with Gasteiger partial charge >= 0.3 is 0 Å². The highest BCUT2D eigenvalue weighted by Gasteiger charge is 2.23. The molecule has 1 amide bonds. The number of hydrogen-bond donors (Lipinski definition) is 0. The Bertz CT molecular complexity index is 647. The molecule has 6 heteroatoms. The monoisotopic (exact) mass is 302 g/mol. The predicted octanol–water partition coefficient (Wildman–Crippen LogP) is 2.63. The average Bonchev–Trinajstić information content (AvgIpc) is 2.94. The van der Waals surface area contributed by atoms with Crippen molar-refractivity contribution in [3.8, 4) is 10.6 Å². The molecule has 1 saturated heterocycles. The molecular formula is C15H18N4OS. The van der Waals surface area contributed by atoms with Crippen LogP contribution in [0.1, 0.15) is 36.4 Å². The van der Waals surface area contributed by atoms with E-state index in [0.717, 1.165) is 47.2 Å². The minimum absolute atomic E-state index is 0.161. The fourth-order valence-electron chi connectivity index (χ4n) is 2.67. The molecule has 0 spiro atoms. The Kier molecular flexibility index (Phi) is 3.96. The van der Waals surface area contributed by atoms with Gasteiger partial charge in [0.25, 0.3) is 0 Å². The van der Waals surface area contributed by atoms with Crippen molar-refractivity contribution < 1.29 is 4.79 Å². The topological polar surface area (TPSA) is 59.0 Å². The van der Waals surface area contributed by atoms with E-state index < -0.39 is 0 Å². The first-order chi connectivity index (χ1) is 10.1. The molecular weight excluding hydrogens is 284 g/mol. The van der Waals surface area contributed by atoms with Gasteiger partial charge in [0.05, 0.1) is 21.8 Å². The van der Waals surface area contributed by atoms with Crippen LogP contribution >= 0.6 is 11.3 Å². The largest absolute Gasteiger partial charge is 0.343 e. The maximum atomic E-state index is 11.4. The summed E-state index contributed by atoms with van der Waals surface area (Å²) < 4.78 is 0. The second-order valence-corrected chi connectivity index (χ2v) is 6.59. The van der Waals surface area contributed by atoms with Crippen molar-refractivity contribution in [2.75, 3.05) is 13.1 Å². The van der Waals surface area contributed by atoms with Crippen molar-refractivity contribution in [3.05, 3.63) is 29.3 Å². The summed E-state index contributed by atoms with van der Waals surface area (Å²) in [5.74, 6) is 0.551. The summed E-state index contributed by atoms with van der Waals surface area (Å²) >= 11 is 1.63. The second-order valence-electron chi connectivity index (χ2n) is 5.35. The summed E-state index contributed by atoms with van der Waals surface area (Å²) in [5.41, 5.74) is 1.92. The van der Waals surface area contributed by atoms with Crippen molar-refractivity contribution in [2.45, 2.75) is 32.6 Å². The summed E-state index contributed by atoms with van der Waals surface area (Å²) in [6, 6.07) is 0. The highest BCUT2D eigenvalue weighted by Crippen LogP contribution is 2.29. The van der Waals surface area contributed by atoms with Crippen molar-refractivity contribution in [1.29, 1.82) is 0 Å². The van der Waals surface area contributed by atoms with Gasteiger partial charge in [-0.2, -0.15) is 0 Å². The SMILES string of the molecule is CC(=O)N1CCC(c2cncc(-c3cnc(C)s3)n2)CC1. The molecule has 0 unspecified atom stereocenters. The number of carbonyl (C=O) groups excluding carboxylic acids is 1. The van der Waals surface area contributed by atoms with Gasteiger partial charge in [0, 0.05) is 38.3 Å². The fourth-order valence-corrected chi connectivity index (χ4v) is 3.40. The number of rotatable bonds is 2. The molecule has 0 radical (unpaired) electrons. The van der Waals surface area contributed by atoms with Crippen molar-refractivity contribution >= 4 is 17.2 Å². The molecule has 0 aromatic carbocycles. The summed E-state index contributed by atoms with van der Waals surface area (Å²) in [4.78, 5) is 27.7. The Morgan fingerprint density at radius 2 is 2.05 bits per heavy atom. The van der Waals surface area contributed by atoms with Crippen LogP contribution in [0, 0.1) is 6.92 Å². The zero-order chi connectivity index (χ0) is 14.8. The van der Waals surface area contributed by atoms with Crippen molar-refractivity contribution in [1.82, 2.24) is 19.9 Å². The Hall–Kier alpha value is -1.82. The molecule has 5 nitrogen and oxygen atoms in total. The molecule has 110 valence electrons. The lowest BCUT2D eigenvalue weighted by Gasteiger charge is -2.30. The van der Waals surface area contributed by atoms with Crippen LogP contribution in [0.4, 0.5) is 0 Å². The van der Waals surface area contributed by atoms with Gasteiger partial charge in [-0.25, -0.2) is 9.97 Å². The predicted molar refractivity (Wildman–Crippen MR) is 82.1 cm³/mol. The summed E-state index contributed by atoms with van der Waals surface area (Å²) in [5, 5.41) is 1.03. The number of likely N-dealkylation sites (tertiary alicyclic amines) is 1. The van der Waals surface area contributed by atoms with Crippen molar-refractivity contribution in [3.63, 3.8) is 0 Å². The van der Waals surface area contributed by atoms with Crippen LogP contribution < -0.4 is 0 Å². The van der Waals surface area contributed by atoms with Gasteiger partial charge in [0.1, 0.15) is 5.69 Å². The van der Waals surface area contributed by atoms with Crippen LogP contribution in [0.25, 0.3) is 10.6 Å². The van der Waals surface area contributed by atoms with Gasteiger partial charge in [-0.05, 0) is 19.8 Å². The minimum Gasteiger partial charge on any atom is -0.343 e. The lowest BCUT2D eigenvalue weighted by atomic mass is 9.93. The number of nitrogens with zero attached hydrogens (tertiary/aromatic N) is 4. The highest BCUT2D eigenvalue weighted by molar-refractivity contribution is 7.15. The molecule has 21 heavy (non-hydrogen) atoms. The van der Waals surface area contributed by atoms with Gasteiger partial charge in [0.15, 0.2) is 0 Å². The van der Waals surface area contributed by atoms with Gasteiger partial charge in [0.2, 0.25) is 5.91 Å². The first-order valence-electron chi connectivity index (χ1n) is 7.14. The van der Waals surface area contributed by atoms with Crippen LogP contribution in [0.2, 0.25) is 0 Å². The third-order valence-electron chi connectivity index (χ3n) is 3.89. The van der Waals surface area contributed by atoms with Crippen LogP contribution in [0.5, 0.6) is 0 Å². The number of carbonyl (C=O) groups is 1. The molecule has 2 aromatic heterocycles. The number of amides is 1. The van der Waals surface area contributed by atoms with E-state index in [1.807, 2.05) is 24.2 Å². The van der Waals surface area contributed by atoms with E-state index in [9.17, 15) is 4.79 Å². The molecule has 1 aliphatic heterocycles. The van der Waals surface area contributed by atoms with Gasteiger partial charge in [-0.3, -0.25) is 9.78 Å². The van der Waals surface area contributed by atoms with Crippen LogP contribution in [-0.4, -0.2) is 38.8 Å². The fraction of sp³-hybridized carbons (Fsp3) is 0.467. The van der Waals surface area contributed by atoms with E-state index in [1.54, 1.807) is 24.5 Å². The summed E-state index contributed by atoms with van der Waals surface area (Å²) in [7, 11) is 0. The smallest absolute Gasteiger partial charge is 0.219 e. The molecule has 0 bridgehead atoms. The molecule has 1 fully saturated rings. The zero-order valence-electron chi connectivity index (χ0n) is 12.2. The number of hydrogen-bond acceptors (Lipinski definition) is 5. The van der Waals surface area contributed by atoms with E-state index in [-0.39, 0.29) is 5.91 Å². The Morgan fingerprint density at radius 1 is 1.29 bits per heavy atom. The van der Waals surface area contributed by atoms with Crippen LogP contribution in [-0.2, 0) is 4.79 Å². The summed E-state index contributed by atoms with van der Waals surface area (Å²) in [6.45, 7) is 5.24. The second kappa shape index (κ2) is 5.89. The molecule has 3 rings (SSSR count). The number of aromatic nitrogens is 3. The molecule has 1 aliphatic rings. The number of piperidine rings is 1.